The van der Waals surface area contributed by atoms with E-state index in [0.717, 1.165) is 48.6 Å². The molecule has 0 saturated carbocycles. The Morgan fingerprint density at radius 2 is 1.86 bits per heavy atom. The number of anilines is 1. The second-order valence-corrected chi connectivity index (χ2v) is 5.68. The molecule has 5 nitrogen and oxygen atoms in total. The average molecular weight is 293 g/mol. The Morgan fingerprint density at radius 3 is 2.68 bits per heavy atom. The minimum Gasteiger partial charge on any atom is -0.369 e. The Hall–Kier alpha value is -2.40. The molecule has 5 heteroatoms. The minimum absolute atomic E-state index is 1.01. The number of imidazole rings is 1. The molecule has 1 fully saturated rings. The van der Waals surface area contributed by atoms with Crippen molar-refractivity contribution in [1.82, 2.24) is 19.9 Å². The first-order chi connectivity index (χ1) is 10.8. The van der Waals surface area contributed by atoms with Gasteiger partial charge in [0.25, 0.3) is 0 Å². The van der Waals surface area contributed by atoms with Crippen LogP contribution < -0.4 is 10.2 Å². The quantitative estimate of drug-likeness (QED) is 0.786. The highest BCUT2D eigenvalue weighted by atomic mass is 15.2. The molecule has 0 bridgehead atoms. The Labute approximate surface area is 129 Å². The summed E-state index contributed by atoms with van der Waals surface area (Å²) in [5.74, 6) is 0. The second kappa shape index (κ2) is 5.42. The van der Waals surface area contributed by atoms with Gasteiger partial charge in [0.1, 0.15) is 6.33 Å². The number of hydrogen-bond donors (Lipinski definition) is 1. The van der Waals surface area contributed by atoms with E-state index >= 15 is 0 Å². The number of aryl methyl sites for hydroxylation is 1. The van der Waals surface area contributed by atoms with Crippen LogP contribution in [-0.2, 0) is 0 Å². The molecular formula is C17H19N5. The monoisotopic (exact) mass is 293 g/mol. The SMILES string of the molecule is Cc1cc(-n2cnc3ccc(N4CCNCC4)cc32)ccn1. The largest absolute Gasteiger partial charge is 0.369 e. The van der Waals surface area contributed by atoms with Gasteiger partial charge >= 0.3 is 0 Å². The lowest BCUT2D eigenvalue weighted by atomic mass is 10.2. The van der Waals surface area contributed by atoms with Crippen molar-refractivity contribution in [1.29, 1.82) is 0 Å². The first-order valence-corrected chi connectivity index (χ1v) is 7.67. The molecule has 112 valence electrons. The lowest BCUT2D eigenvalue weighted by Gasteiger charge is -2.29. The average Bonchev–Trinajstić information content (AvgIpc) is 2.99. The topological polar surface area (TPSA) is 46.0 Å². The zero-order valence-corrected chi connectivity index (χ0v) is 12.7. The molecule has 0 amide bonds. The lowest BCUT2D eigenvalue weighted by Crippen LogP contribution is -2.43. The highest BCUT2D eigenvalue weighted by Gasteiger charge is 2.12. The molecule has 3 aromatic rings. The minimum atomic E-state index is 1.01. The Morgan fingerprint density at radius 1 is 1.00 bits per heavy atom. The molecule has 1 aliphatic rings. The summed E-state index contributed by atoms with van der Waals surface area (Å²) in [6.45, 7) is 6.19. The zero-order valence-electron chi connectivity index (χ0n) is 12.7. The van der Waals surface area contributed by atoms with Gasteiger partial charge < -0.3 is 10.2 Å². The van der Waals surface area contributed by atoms with Crippen molar-refractivity contribution in [2.24, 2.45) is 0 Å². The van der Waals surface area contributed by atoms with Crippen LogP contribution >= 0.6 is 0 Å². The summed E-state index contributed by atoms with van der Waals surface area (Å²) in [7, 11) is 0. The van der Waals surface area contributed by atoms with Gasteiger partial charge in [0.2, 0.25) is 0 Å². The predicted octanol–water partition coefficient (Wildman–Crippen LogP) is 2.14. The maximum Gasteiger partial charge on any atom is 0.100 e. The smallest absolute Gasteiger partial charge is 0.100 e. The summed E-state index contributed by atoms with van der Waals surface area (Å²) >= 11 is 0. The molecule has 0 spiro atoms. The third kappa shape index (κ3) is 2.33. The first kappa shape index (κ1) is 13.3. The van der Waals surface area contributed by atoms with Gasteiger partial charge in [-0.2, -0.15) is 0 Å². The van der Waals surface area contributed by atoms with E-state index in [9.17, 15) is 0 Å². The number of aromatic nitrogens is 3. The van der Waals surface area contributed by atoms with Crippen LogP contribution in [0.3, 0.4) is 0 Å². The van der Waals surface area contributed by atoms with Gasteiger partial charge in [-0.05, 0) is 37.3 Å². The third-order valence-electron chi connectivity index (χ3n) is 4.17. The molecule has 0 radical (unpaired) electrons. The van der Waals surface area contributed by atoms with Gasteiger partial charge in [-0.25, -0.2) is 4.98 Å². The number of fused-ring (bicyclic) bond motifs is 1. The Bertz CT molecular complexity index is 802. The summed E-state index contributed by atoms with van der Waals surface area (Å²) in [4.78, 5) is 11.2. The third-order valence-corrected chi connectivity index (χ3v) is 4.17. The number of piperazine rings is 1. The zero-order chi connectivity index (χ0) is 14.9. The number of benzene rings is 1. The predicted molar refractivity (Wildman–Crippen MR) is 88.7 cm³/mol. The van der Waals surface area contributed by atoms with Crippen molar-refractivity contribution >= 4 is 16.7 Å². The molecule has 1 N–H and O–H groups in total. The number of nitrogens with zero attached hydrogens (tertiary/aromatic N) is 4. The molecule has 22 heavy (non-hydrogen) atoms. The van der Waals surface area contributed by atoms with Gasteiger partial charge in [-0.15, -0.1) is 0 Å². The molecule has 1 aromatic carbocycles. The van der Waals surface area contributed by atoms with Crippen molar-refractivity contribution in [3.05, 3.63) is 48.5 Å². The van der Waals surface area contributed by atoms with Crippen molar-refractivity contribution in [2.45, 2.75) is 6.92 Å². The molecule has 1 saturated heterocycles. The maximum absolute atomic E-state index is 4.52. The van der Waals surface area contributed by atoms with Crippen LogP contribution in [-0.4, -0.2) is 40.7 Å². The van der Waals surface area contributed by atoms with Crippen molar-refractivity contribution in [3.63, 3.8) is 0 Å². The van der Waals surface area contributed by atoms with Crippen LogP contribution in [0, 0.1) is 6.92 Å². The summed E-state index contributed by atoms with van der Waals surface area (Å²) in [5, 5.41) is 3.39. The van der Waals surface area contributed by atoms with E-state index in [1.54, 1.807) is 0 Å². The highest BCUT2D eigenvalue weighted by Crippen LogP contribution is 2.24. The van der Waals surface area contributed by atoms with Crippen LogP contribution in [0.5, 0.6) is 0 Å². The van der Waals surface area contributed by atoms with Gasteiger partial charge in [0, 0.05) is 43.8 Å². The standard InChI is InChI=1S/C17H19N5/c1-13-10-15(4-5-19-13)22-12-20-16-3-2-14(11-17(16)22)21-8-6-18-7-9-21/h2-5,10-12,18H,6-9H2,1H3. The Balaban J connectivity index is 1.79. The fourth-order valence-electron chi connectivity index (χ4n) is 3.00. The van der Waals surface area contributed by atoms with E-state index in [2.05, 4.69) is 49.0 Å². The molecule has 1 aliphatic heterocycles. The van der Waals surface area contributed by atoms with Crippen LogP contribution in [0.15, 0.2) is 42.9 Å². The van der Waals surface area contributed by atoms with E-state index in [4.69, 9.17) is 0 Å². The molecule has 0 atom stereocenters. The van der Waals surface area contributed by atoms with Gasteiger partial charge in [-0.1, -0.05) is 0 Å². The molecule has 0 unspecified atom stereocenters. The van der Waals surface area contributed by atoms with Gasteiger partial charge in [0.05, 0.1) is 16.7 Å². The number of nitrogens with one attached hydrogen (secondary N) is 1. The maximum atomic E-state index is 4.52. The van der Waals surface area contributed by atoms with Crippen LogP contribution in [0.1, 0.15) is 5.69 Å². The van der Waals surface area contributed by atoms with Crippen LogP contribution in [0.25, 0.3) is 16.7 Å². The normalized spacial score (nSPS) is 15.4. The summed E-state index contributed by atoms with van der Waals surface area (Å²) in [6, 6.07) is 10.6. The molecular weight excluding hydrogens is 274 g/mol. The summed E-state index contributed by atoms with van der Waals surface area (Å²) in [6.07, 6.45) is 3.73. The summed E-state index contributed by atoms with van der Waals surface area (Å²) in [5.41, 5.74) is 5.54. The molecule has 3 heterocycles. The van der Waals surface area contributed by atoms with Crippen molar-refractivity contribution in [2.75, 3.05) is 31.1 Å². The lowest BCUT2D eigenvalue weighted by molar-refractivity contribution is 0.589. The van der Waals surface area contributed by atoms with Crippen molar-refractivity contribution in [3.8, 4) is 5.69 Å². The van der Waals surface area contributed by atoms with E-state index < -0.39 is 0 Å². The van der Waals surface area contributed by atoms with Crippen molar-refractivity contribution < 1.29 is 0 Å². The van der Waals surface area contributed by atoms with E-state index in [1.165, 1.54) is 5.69 Å². The molecule has 2 aromatic heterocycles. The van der Waals surface area contributed by atoms with Gasteiger partial charge in [0.15, 0.2) is 0 Å². The summed E-state index contributed by atoms with van der Waals surface area (Å²) < 4.78 is 2.13. The Kier molecular flexibility index (Phi) is 3.27. The van der Waals surface area contributed by atoms with Crippen LogP contribution in [0.4, 0.5) is 5.69 Å². The van der Waals surface area contributed by atoms with E-state index in [-0.39, 0.29) is 0 Å². The molecule has 0 aliphatic carbocycles. The molecule has 4 rings (SSSR count). The number of pyridine rings is 1. The van der Waals surface area contributed by atoms with E-state index in [0.29, 0.717) is 0 Å². The fraction of sp³-hybridized carbons (Fsp3) is 0.294. The van der Waals surface area contributed by atoms with Gasteiger partial charge in [-0.3, -0.25) is 9.55 Å². The van der Waals surface area contributed by atoms with Crippen LogP contribution in [0.2, 0.25) is 0 Å². The highest BCUT2D eigenvalue weighted by molar-refractivity contribution is 5.81. The second-order valence-electron chi connectivity index (χ2n) is 5.68. The first-order valence-electron chi connectivity index (χ1n) is 7.67. The number of hydrogen-bond acceptors (Lipinski definition) is 4. The fourth-order valence-corrected chi connectivity index (χ4v) is 3.00. The number of rotatable bonds is 2. The van der Waals surface area contributed by atoms with E-state index in [1.807, 2.05) is 25.5 Å².